The van der Waals surface area contributed by atoms with Crippen molar-refractivity contribution in [2.75, 3.05) is 7.05 Å². The minimum atomic E-state index is -0.497. The van der Waals surface area contributed by atoms with Crippen LogP contribution in [-0.2, 0) is 4.79 Å². The van der Waals surface area contributed by atoms with Crippen LogP contribution in [0.5, 0.6) is 0 Å². The van der Waals surface area contributed by atoms with Crippen LogP contribution in [0.4, 0.5) is 5.69 Å². The molecular formula is C11H12ClN3O2. The lowest BCUT2D eigenvalue weighted by atomic mass is 10.3. The number of aliphatic hydroxyl groups excluding tert-OH is 1. The van der Waals surface area contributed by atoms with E-state index in [1.54, 1.807) is 24.3 Å². The number of carbonyl (C=O) groups excluding carboxylic acids is 1. The molecule has 1 rings (SSSR count). The zero-order valence-electron chi connectivity index (χ0n) is 9.44. The Kier molecular flexibility index (Phi) is 4.66. The highest BCUT2D eigenvalue weighted by Gasteiger charge is 2.10. The van der Waals surface area contributed by atoms with Gasteiger partial charge in [0.05, 0.1) is 5.69 Å². The van der Waals surface area contributed by atoms with Crippen LogP contribution in [0.15, 0.2) is 46.0 Å². The van der Waals surface area contributed by atoms with Crippen LogP contribution >= 0.6 is 11.6 Å². The number of hydrogen-bond donors (Lipinski definition) is 2. The van der Waals surface area contributed by atoms with Crippen molar-refractivity contribution >= 4 is 23.2 Å². The van der Waals surface area contributed by atoms with E-state index in [1.165, 1.54) is 14.0 Å². The number of aliphatic hydroxyl groups is 1. The molecule has 0 aliphatic rings. The minimum absolute atomic E-state index is 0.123. The summed E-state index contributed by atoms with van der Waals surface area (Å²) in [5, 5.41) is 19.7. The van der Waals surface area contributed by atoms with E-state index >= 15 is 0 Å². The van der Waals surface area contributed by atoms with Crippen LogP contribution in [0.3, 0.4) is 0 Å². The largest absolute Gasteiger partial charge is 0.510 e. The Labute approximate surface area is 104 Å². The Morgan fingerprint density at radius 3 is 2.41 bits per heavy atom. The summed E-state index contributed by atoms with van der Waals surface area (Å²) in [4.78, 5) is 11.3. The molecule has 0 saturated carbocycles. The summed E-state index contributed by atoms with van der Waals surface area (Å²) in [7, 11) is 1.45. The molecule has 0 unspecified atom stereocenters. The first-order valence-corrected chi connectivity index (χ1v) is 5.21. The second kappa shape index (κ2) is 6.00. The maximum Gasteiger partial charge on any atom is 0.275 e. The van der Waals surface area contributed by atoms with Gasteiger partial charge < -0.3 is 10.4 Å². The summed E-state index contributed by atoms with van der Waals surface area (Å²) in [5.74, 6) is -0.690. The van der Waals surface area contributed by atoms with Crippen molar-refractivity contribution < 1.29 is 9.90 Å². The molecule has 0 aliphatic carbocycles. The normalized spacial score (nSPS) is 12.4. The number of nitrogens with zero attached hydrogens (tertiary/aromatic N) is 2. The van der Waals surface area contributed by atoms with Crippen molar-refractivity contribution in [1.29, 1.82) is 0 Å². The van der Waals surface area contributed by atoms with Gasteiger partial charge in [-0.05, 0) is 31.2 Å². The monoisotopic (exact) mass is 253 g/mol. The Morgan fingerprint density at radius 1 is 1.35 bits per heavy atom. The number of allylic oxidation sites excluding steroid dienone is 1. The molecule has 90 valence electrons. The van der Waals surface area contributed by atoms with E-state index in [0.717, 1.165) is 0 Å². The predicted octanol–water partition coefficient (Wildman–Crippen LogP) is 2.96. The Hall–Kier alpha value is -1.88. The van der Waals surface area contributed by atoms with Gasteiger partial charge in [0.25, 0.3) is 5.91 Å². The fourth-order valence-electron chi connectivity index (χ4n) is 1.02. The van der Waals surface area contributed by atoms with Gasteiger partial charge in [-0.15, -0.1) is 5.11 Å². The Balaban J connectivity index is 2.92. The molecule has 0 heterocycles. The first-order chi connectivity index (χ1) is 8.04. The summed E-state index contributed by atoms with van der Waals surface area (Å²) < 4.78 is 0. The number of benzene rings is 1. The number of nitrogens with one attached hydrogen (secondary N) is 1. The highest BCUT2D eigenvalue weighted by atomic mass is 35.5. The van der Waals surface area contributed by atoms with Crippen LogP contribution in [-0.4, -0.2) is 18.1 Å². The molecule has 0 aromatic heterocycles. The van der Waals surface area contributed by atoms with Gasteiger partial charge in [-0.2, -0.15) is 5.11 Å². The maximum atomic E-state index is 11.3. The van der Waals surface area contributed by atoms with E-state index in [2.05, 4.69) is 15.5 Å². The smallest absolute Gasteiger partial charge is 0.275 e. The van der Waals surface area contributed by atoms with E-state index in [1.807, 2.05) is 0 Å². The van der Waals surface area contributed by atoms with Gasteiger partial charge in [0, 0.05) is 12.1 Å². The van der Waals surface area contributed by atoms with E-state index in [-0.39, 0.29) is 11.5 Å². The summed E-state index contributed by atoms with van der Waals surface area (Å²) in [6, 6.07) is 6.62. The fourth-order valence-corrected chi connectivity index (χ4v) is 1.14. The molecule has 2 N–H and O–H groups in total. The van der Waals surface area contributed by atoms with Gasteiger partial charge in [-0.25, -0.2) is 0 Å². The van der Waals surface area contributed by atoms with E-state index in [9.17, 15) is 9.90 Å². The molecule has 0 bridgehead atoms. The zero-order chi connectivity index (χ0) is 12.8. The third kappa shape index (κ3) is 3.88. The summed E-state index contributed by atoms with van der Waals surface area (Å²) in [6.07, 6.45) is 0. The van der Waals surface area contributed by atoms with Crippen molar-refractivity contribution in [3.63, 3.8) is 0 Å². The molecular weight excluding hydrogens is 242 g/mol. The quantitative estimate of drug-likeness (QED) is 0.494. The predicted molar refractivity (Wildman–Crippen MR) is 65.4 cm³/mol. The van der Waals surface area contributed by atoms with Crippen molar-refractivity contribution in [2.24, 2.45) is 10.2 Å². The molecule has 0 atom stereocenters. The molecule has 0 fully saturated rings. The van der Waals surface area contributed by atoms with Crippen molar-refractivity contribution in [3.05, 3.63) is 40.7 Å². The van der Waals surface area contributed by atoms with E-state index < -0.39 is 5.91 Å². The molecule has 6 heteroatoms. The average molecular weight is 254 g/mol. The lowest BCUT2D eigenvalue weighted by Crippen LogP contribution is -2.20. The first-order valence-electron chi connectivity index (χ1n) is 4.84. The molecule has 1 aromatic carbocycles. The summed E-state index contributed by atoms with van der Waals surface area (Å²) in [5.41, 5.74) is 0.416. The maximum absolute atomic E-state index is 11.3. The number of rotatable bonds is 3. The van der Waals surface area contributed by atoms with E-state index in [4.69, 9.17) is 11.6 Å². The topological polar surface area (TPSA) is 74.0 Å². The van der Waals surface area contributed by atoms with Crippen LogP contribution in [0, 0.1) is 0 Å². The number of halogens is 1. The zero-order valence-corrected chi connectivity index (χ0v) is 10.2. The van der Waals surface area contributed by atoms with E-state index in [0.29, 0.717) is 10.7 Å². The molecule has 0 aliphatic heterocycles. The minimum Gasteiger partial charge on any atom is -0.510 e. The van der Waals surface area contributed by atoms with Gasteiger partial charge in [0.1, 0.15) is 5.76 Å². The van der Waals surface area contributed by atoms with Crippen LogP contribution < -0.4 is 5.32 Å². The molecule has 0 radical (unpaired) electrons. The Bertz CT molecular complexity index is 462. The summed E-state index contributed by atoms with van der Waals surface area (Å²) in [6.45, 7) is 1.37. The van der Waals surface area contributed by atoms with Crippen LogP contribution in [0.2, 0.25) is 5.02 Å². The van der Waals surface area contributed by atoms with Crippen LogP contribution in [0.1, 0.15) is 6.92 Å². The molecule has 0 saturated heterocycles. The second-order valence-corrected chi connectivity index (χ2v) is 3.63. The number of hydrogen-bond acceptors (Lipinski definition) is 4. The fraction of sp³-hybridized carbons (Fsp3) is 0.182. The highest BCUT2D eigenvalue weighted by molar-refractivity contribution is 6.30. The SMILES string of the molecule is CNC(=O)/C(N=Nc1ccc(Cl)cc1)=C(/C)O. The molecule has 5 nitrogen and oxygen atoms in total. The van der Waals surface area contributed by atoms with Crippen LogP contribution in [0.25, 0.3) is 0 Å². The van der Waals surface area contributed by atoms with Crippen molar-refractivity contribution in [3.8, 4) is 0 Å². The number of azo groups is 1. The van der Waals surface area contributed by atoms with Gasteiger partial charge in [0.2, 0.25) is 0 Å². The van der Waals surface area contributed by atoms with Gasteiger partial charge in [-0.3, -0.25) is 4.79 Å². The molecule has 17 heavy (non-hydrogen) atoms. The molecule has 0 spiro atoms. The van der Waals surface area contributed by atoms with Gasteiger partial charge in [0.15, 0.2) is 5.70 Å². The number of likely N-dealkylation sites (N-methyl/N-ethyl adjacent to an activating group) is 1. The first kappa shape index (κ1) is 13.2. The Morgan fingerprint density at radius 2 is 1.94 bits per heavy atom. The molecule has 1 aromatic rings. The van der Waals surface area contributed by atoms with Crippen molar-refractivity contribution in [2.45, 2.75) is 6.92 Å². The lowest BCUT2D eigenvalue weighted by Gasteiger charge is -2.00. The van der Waals surface area contributed by atoms with Gasteiger partial charge >= 0.3 is 0 Å². The lowest BCUT2D eigenvalue weighted by molar-refractivity contribution is -0.117. The standard InChI is InChI=1S/C11H12ClN3O2/c1-7(16)10(11(17)13-2)15-14-9-5-3-8(12)4-6-9/h3-6,16H,1-2H3,(H,13,17)/b10-7+,15-14?. The third-order valence-electron chi connectivity index (χ3n) is 1.88. The molecule has 1 amide bonds. The highest BCUT2D eigenvalue weighted by Crippen LogP contribution is 2.18. The number of amides is 1. The van der Waals surface area contributed by atoms with Crippen molar-refractivity contribution in [1.82, 2.24) is 5.32 Å². The second-order valence-electron chi connectivity index (χ2n) is 3.19. The van der Waals surface area contributed by atoms with Gasteiger partial charge in [-0.1, -0.05) is 11.6 Å². The summed E-state index contributed by atoms with van der Waals surface area (Å²) >= 11 is 5.71. The number of carbonyl (C=O) groups is 1. The third-order valence-corrected chi connectivity index (χ3v) is 2.13. The average Bonchev–Trinajstić information content (AvgIpc) is 2.31.